The Balaban J connectivity index is 1.37. The summed E-state index contributed by atoms with van der Waals surface area (Å²) in [5, 5.41) is 2.95. The summed E-state index contributed by atoms with van der Waals surface area (Å²) in [7, 11) is 2.15. The molecule has 0 spiro atoms. The lowest BCUT2D eigenvalue weighted by Gasteiger charge is -2.32. The number of fused-ring (bicyclic) bond motifs is 1. The Bertz CT molecular complexity index is 1040. The third-order valence-corrected chi connectivity index (χ3v) is 6.41. The molecule has 2 aliphatic rings. The number of carbonyl (C=O) groups excluding carboxylic acids is 3. The summed E-state index contributed by atoms with van der Waals surface area (Å²) >= 11 is 0. The highest BCUT2D eigenvalue weighted by molar-refractivity contribution is 6.22. The first-order valence-electron chi connectivity index (χ1n) is 11.7. The molecule has 0 radical (unpaired) electrons. The minimum Gasteiger partial charge on any atom is -0.348 e. The van der Waals surface area contributed by atoms with Gasteiger partial charge in [-0.05, 0) is 42.8 Å². The third kappa shape index (κ3) is 5.31. The van der Waals surface area contributed by atoms with Gasteiger partial charge in [-0.1, -0.05) is 37.6 Å². The van der Waals surface area contributed by atoms with Crippen LogP contribution in [0.25, 0.3) is 0 Å². The van der Waals surface area contributed by atoms with E-state index in [1.807, 2.05) is 19.1 Å². The van der Waals surface area contributed by atoms with E-state index in [4.69, 9.17) is 0 Å². The molecule has 2 aromatic rings. The number of imide groups is 1. The van der Waals surface area contributed by atoms with Crippen molar-refractivity contribution in [1.29, 1.82) is 0 Å². The molecule has 0 unspecified atom stereocenters. The summed E-state index contributed by atoms with van der Waals surface area (Å²) in [6, 6.07) is 13.0. The maximum absolute atomic E-state index is 12.8. The van der Waals surface area contributed by atoms with Gasteiger partial charge in [-0.25, -0.2) is 0 Å². The predicted molar refractivity (Wildman–Crippen MR) is 127 cm³/mol. The largest absolute Gasteiger partial charge is 0.348 e. The minimum atomic E-state index is -0.310. The normalized spacial score (nSPS) is 16.8. The maximum atomic E-state index is 12.8. The van der Waals surface area contributed by atoms with E-state index in [0.29, 0.717) is 29.8 Å². The molecule has 1 N–H and O–H groups in total. The predicted octanol–water partition coefficient (Wildman–Crippen LogP) is 2.76. The average Bonchev–Trinajstić information content (AvgIpc) is 3.07. The van der Waals surface area contributed by atoms with Crippen molar-refractivity contribution in [1.82, 2.24) is 20.0 Å². The average molecular weight is 449 g/mol. The lowest BCUT2D eigenvalue weighted by Crippen LogP contribution is -2.43. The summed E-state index contributed by atoms with van der Waals surface area (Å²) in [5.74, 6) is -0.836. The number of likely N-dealkylation sites (N-methyl/N-ethyl adjacent to an activating group) is 1. The van der Waals surface area contributed by atoms with Crippen LogP contribution in [0, 0.1) is 0 Å². The highest BCUT2D eigenvalue weighted by atomic mass is 16.2. The number of unbranched alkanes of at least 4 members (excludes halogenated alkanes) is 1. The number of rotatable bonds is 8. The molecule has 2 aromatic carbocycles. The minimum absolute atomic E-state index is 0.255. The van der Waals surface area contributed by atoms with E-state index >= 15 is 0 Å². The van der Waals surface area contributed by atoms with Crippen LogP contribution in [0.15, 0.2) is 42.5 Å². The van der Waals surface area contributed by atoms with Gasteiger partial charge in [0.05, 0.1) is 11.1 Å². The number of amides is 3. The Kier molecular flexibility index (Phi) is 7.20. The van der Waals surface area contributed by atoms with Gasteiger partial charge in [0.1, 0.15) is 0 Å². The van der Waals surface area contributed by atoms with Gasteiger partial charge in [0, 0.05) is 51.4 Å². The number of hydrogen-bond acceptors (Lipinski definition) is 5. The van der Waals surface area contributed by atoms with Crippen LogP contribution in [0.3, 0.4) is 0 Å². The first kappa shape index (κ1) is 23.1. The van der Waals surface area contributed by atoms with Crippen LogP contribution in [-0.2, 0) is 13.1 Å². The van der Waals surface area contributed by atoms with Crippen molar-refractivity contribution in [3.63, 3.8) is 0 Å². The van der Waals surface area contributed by atoms with Crippen molar-refractivity contribution >= 4 is 17.7 Å². The maximum Gasteiger partial charge on any atom is 0.261 e. The van der Waals surface area contributed by atoms with Crippen LogP contribution in [-0.4, -0.2) is 72.2 Å². The zero-order valence-electron chi connectivity index (χ0n) is 19.5. The molecule has 1 saturated heterocycles. The van der Waals surface area contributed by atoms with E-state index in [1.165, 1.54) is 10.5 Å². The molecule has 33 heavy (non-hydrogen) atoms. The third-order valence-electron chi connectivity index (χ3n) is 6.41. The van der Waals surface area contributed by atoms with Gasteiger partial charge >= 0.3 is 0 Å². The van der Waals surface area contributed by atoms with E-state index in [1.54, 1.807) is 18.2 Å². The van der Waals surface area contributed by atoms with E-state index in [-0.39, 0.29) is 17.7 Å². The van der Waals surface area contributed by atoms with Crippen molar-refractivity contribution < 1.29 is 14.4 Å². The molecule has 0 aliphatic carbocycles. The molecule has 1 fully saturated rings. The molecule has 7 nitrogen and oxygen atoms in total. The molecule has 2 aliphatic heterocycles. The van der Waals surface area contributed by atoms with E-state index < -0.39 is 0 Å². The molecule has 0 bridgehead atoms. The number of nitrogens with one attached hydrogen (secondary N) is 1. The Morgan fingerprint density at radius 3 is 2.42 bits per heavy atom. The van der Waals surface area contributed by atoms with Crippen LogP contribution < -0.4 is 5.32 Å². The number of benzene rings is 2. The second kappa shape index (κ2) is 10.3. The number of carbonyl (C=O) groups is 3. The summed E-state index contributed by atoms with van der Waals surface area (Å²) < 4.78 is 0. The molecule has 174 valence electrons. The van der Waals surface area contributed by atoms with Crippen molar-refractivity contribution in [2.45, 2.75) is 32.9 Å². The van der Waals surface area contributed by atoms with Gasteiger partial charge < -0.3 is 10.2 Å². The molecule has 0 saturated carbocycles. The summed E-state index contributed by atoms with van der Waals surface area (Å²) in [6.07, 6.45) is 1.67. The molecule has 3 amide bonds. The molecular formula is C26H32N4O3. The van der Waals surface area contributed by atoms with Crippen LogP contribution in [0.1, 0.15) is 62.0 Å². The van der Waals surface area contributed by atoms with Crippen molar-refractivity contribution in [3.8, 4) is 0 Å². The lowest BCUT2D eigenvalue weighted by molar-refractivity contribution is 0.0652. The first-order valence-corrected chi connectivity index (χ1v) is 11.7. The molecule has 0 aromatic heterocycles. The van der Waals surface area contributed by atoms with Gasteiger partial charge in [-0.15, -0.1) is 0 Å². The lowest BCUT2D eigenvalue weighted by atomic mass is 10.0. The van der Waals surface area contributed by atoms with Crippen molar-refractivity contribution in [3.05, 3.63) is 70.3 Å². The van der Waals surface area contributed by atoms with E-state index in [2.05, 4.69) is 34.3 Å². The van der Waals surface area contributed by atoms with Crippen molar-refractivity contribution in [2.24, 2.45) is 0 Å². The zero-order valence-corrected chi connectivity index (χ0v) is 19.5. The van der Waals surface area contributed by atoms with Crippen LogP contribution in [0.4, 0.5) is 0 Å². The zero-order chi connectivity index (χ0) is 23.4. The Morgan fingerprint density at radius 1 is 0.939 bits per heavy atom. The van der Waals surface area contributed by atoms with Gasteiger partial charge in [-0.2, -0.15) is 0 Å². The molecule has 4 rings (SSSR count). The number of hydrogen-bond donors (Lipinski definition) is 1. The first-order chi connectivity index (χ1) is 16.0. The summed E-state index contributed by atoms with van der Waals surface area (Å²) in [4.78, 5) is 44.0. The second-order valence-electron chi connectivity index (χ2n) is 8.96. The van der Waals surface area contributed by atoms with Crippen LogP contribution in [0.5, 0.6) is 0 Å². The van der Waals surface area contributed by atoms with Gasteiger partial charge in [0.25, 0.3) is 17.7 Å². The molecule has 2 heterocycles. The SMILES string of the molecule is CCCCN1C(=O)c2ccc(C(=O)NCc3cccc(CN4CCN(C)CC4)c3)cc2C1=O. The standard InChI is InChI=1S/C26H32N4O3/c1-3-4-10-30-25(32)22-9-8-21(16-23(22)26(30)33)24(31)27-17-19-6-5-7-20(15-19)18-29-13-11-28(2)12-14-29/h5-9,15-16H,3-4,10-14,17-18H2,1-2H3,(H,27,31). The van der Waals surface area contributed by atoms with E-state index in [0.717, 1.165) is 51.1 Å². The van der Waals surface area contributed by atoms with Crippen LogP contribution in [0.2, 0.25) is 0 Å². The molecule has 0 atom stereocenters. The van der Waals surface area contributed by atoms with Gasteiger partial charge in [0.15, 0.2) is 0 Å². The highest BCUT2D eigenvalue weighted by Crippen LogP contribution is 2.24. The molecule has 7 heteroatoms. The highest BCUT2D eigenvalue weighted by Gasteiger charge is 2.35. The van der Waals surface area contributed by atoms with Gasteiger partial charge in [0.2, 0.25) is 0 Å². The Labute approximate surface area is 195 Å². The number of nitrogens with zero attached hydrogens (tertiary/aromatic N) is 3. The fourth-order valence-electron chi connectivity index (χ4n) is 4.34. The topological polar surface area (TPSA) is 73.0 Å². The Hall–Kier alpha value is -3.03. The van der Waals surface area contributed by atoms with Gasteiger partial charge in [-0.3, -0.25) is 24.2 Å². The quantitative estimate of drug-likeness (QED) is 0.629. The summed E-state index contributed by atoms with van der Waals surface area (Å²) in [5.41, 5.74) is 3.36. The molecular weight excluding hydrogens is 416 g/mol. The smallest absolute Gasteiger partial charge is 0.261 e. The monoisotopic (exact) mass is 448 g/mol. The fraction of sp³-hybridized carbons (Fsp3) is 0.423. The van der Waals surface area contributed by atoms with E-state index in [9.17, 15) is 14.4 Å². The number of piperazine rings is 1. The summed E-state index contributed by atoms with van der Waals surface area (Å²) in [6.45, 7) is 8.03. The second-order valence-corrected chi connectivity index (χ2v) is 8.96. The Morgan fingerprint density at radius 2 is 1.67 bits per heavy atom. The van der Waals surface area contributed by atoms with Crippen LogP contribution >= 0.6 is 0 Å². The van der Waals surface area contributed by atoms with Crippen molar-refractivity contribution in [2.75, 3.05) is 39.8 Å². The fourth-order valence-corrected chi connectivity index (χ4v) is 4.34.